The molecule has 5 heteroatoms. The first kappa shape index (κ1) is 28.2. The SMILES string of the molecule is CC(C)OC(=O)CCCCCCCCCCCCCCCCCCC(=O)OCCl. The minimum atomic E-state index is -0.177. The van der Waals surface area contributed by atoms with Gasteiger partial charge in [0.05, 0.1) is 6.10 Å². The third kappa shape index (κ3) is 23.4. The van der Waals surface area contributed by atoms with Crippen molar-refractivity contribution in [1.29, 1.82) is 0 Å². The van der Waals surface area contributed by atoms with Gasteiger partial charge in [-0.2, -0.15) is 0 Å². The number of ether oxygens (including phenoxy) is 2. The zero-order chi connectivity index (χ0) is 21.6. The molecule has 0 unspecified atom stereocenters. The predicted octanol–water partition coefficient (Wildman–Crippen LogP) is 7.70. The van der Waals surface area contributed by atoms with Gasteiger partial charge < -0.3 is 9.47 Å². The van der Waals surface area contributed by atoms with Crippen molar-refractivity contribution < 1.29 is 19.1 Å². The van der Waals surface area contributed by atoms with E-state index >= 15 is 0 Å². The predicted molar refractivity (Wildman–Crippen MR) is 121 cm³/mol. The number of carbonyl (C=O) groups excluding carboxylic acids is 2. The smallest absolute Gasteiger partial charge is 0.306 e. The van der Waals surface area contributed by atoms with E-state index in [9.17, 15) is 9.59 Å². The van der Waals surface area contributed by atoms with Crippen LogP contribution in [0.4, 0.5) is 0 Å². The quantitative estimate of drug-likeness (QED) is 0.106. The fraction of sp³-hybridized carbons (Fsp3) is 0.917. The summed E-state index contributed by atoms with van der Waals surface area (Å²) < 4.78 is 9.84. The number of esters is 2. The summed E-state index contributed by atoms with van der Waals surface area (Å²) in [6.07, 6.45) is 21.0. The van der Waals surface area contributed by atoms with E-state index in [1.807, 2.05) is 13.8 Å². The van der Waals surface area contributed by atoms with E-state index in [0.29, 0.717) is 12.8 Å². The zero-order valence-electron chi connectivity index (χ0n) is 19.0. The molecule has 0 fully saturated rings. The maximum absolute atomic E-state index is 11.4. The molecule has 172 valence electrons. The number of alkyl halides is 1. The molecule has 0 radical (unpaired) electrons. The van der Waals surface area contributed by atoms with Gasteiger partial charge in [0, 0.05) is 12.8 Å². The van der Waals surface area contributed by atoms with Crippen molar-refractivity contribution in [3.63, 3.8) is 0 Å². The number of unbranched alkanes of at least 4 members (excludes halogenated alkanes) is 15. The van der Waals surface area contributed by atoms with Crippen molar-refractivity contribution in [2.75, 3.05) is 6.07 Å². The Labute approximate surface area is 184 Å². The first-order valence-corrected chi connectivity index (χ1v) is 12.5. The lowest BCUT2D eigenvalue weighted by Crippen LogP contribution is -2.10. The molecule has 0 aromatic rings. The van der Waals surface area contributed by atoms with Gasteiger partial charge in [0.25, 0.3) is 0 Å². The van der Waals surface area contributed by atoms with E-state index in [-0.39, 0.29) is 24.1 Å². The van der Waals surface area contributed by atoms with Crippen LogP contribution >= 0.6 is 11.6 Å². The lowest BCUT2D eigenvalue weighted by molar-refractivity contribution is -0.147. The van der Waals surface area contributed by atoms with Crippen LogP contribution in [0, 0.1) is 0 Å². The second-order valence-electron chi connectivity index (χ2n) is 8.32. The number of carbonyl (C=O) groups is 2. The van der Waals surface area contributed by atoms with Gasteiger partial charge in [-0.3, -0.25) is 9.59 Å². The number of halogens is 1. The Kier molecular flexibility index (Phi) is 21.3. The molecule has 0 amide bonds. The molecule has 29 heavy (non-hydrogen) atoms. The average molecular weight is 433 g/mol. The topological polar surface area (TPSA) is 52.6 Å². The summed E-state index contributed by atoms with van der Waals surface area (Å²) in [7, 11) is 0. The Morgan fingerprint density at radius 2 is 0.897 bits per heavy atom. The highest BCUT2D eigenvalue weighted by molar-refractivity contribution is 6.17. The molecular formula is C24H45ClO4. The largest absolute Gasteiger partial charge is 0.463 e. The minimum absolute atomic E-state index is 0.00735. The molecule has 0 aromatic carbocycles. The summed E-state index contributed by atoms with van der Waals surface area (Å²) in [5.41, 5.74) is 0. The molecule has 0 aliphatic rings. The molecule has 0 rings (SSSR count). The molecule has 0 saturated carbocycles. The van der Waals surface area contributed by atoms with Crippen molar-refractivity contribution in [2.24, 2.45) is 0 Å². The monoisotopic (exact) mass is 432 g/mol. The van der Waals surface area contributed by atoms with Crippen molar-refractivity contribution in [1.82, 2.24) is 0 Å². The highest BCUT2D eigenvalue weighted by Gasteiger charge is 2.04. The standard InChI is InChI=1S/C24H45ClO4/c1-22(2)29-24(27)20-18-16-14-12-10-8-6-4-3-5-7-9-11-13-15-17-19-23(26)28-21-25/h22H,3-21H2,1-2H3. The van der Waals surface area contributed by atoms with Crippen LogP contribution in [0.25, 0.3) is 0 Å². The van der Waals surface area contributed by atoms with Crippen LogP contribution in [0.15, 0.2) is 0 Å². The van der Waals surface area contributed by atoms with E-state index in [4.69, 9.17) is 21.1 Å². The normalized spacial score (nSPS) is 11.0. The van der Waals surface area contributed by atoms with E-state index in [0.717, 1.165) is 25.7 Å². The van der Waals surface area contributed by atoms with Gasteiger partial charge >= 0.3 is 11.9 Å². The van der Waals surface area contributed by atoms with Crippen LogP contribution in [0.5, 0.6) is 0 Å². The Bertz CT molecular complexity index is 385. The van der Waals surface area contributed by atoms with Crippen LogP contribution in [0.1, 0.15) is 129 Å². The Morgan fingerprint density at radius 3 is 1.21 bits per heavy atom. The van der Waals surface area contributed by atoms with Crippen molar-refractivity contribution in [3.8, 4) is 0 Å². The lowest BCUT2D eigenvalue weighted by Gasteiger charge is -2.07. The van der Waals surface area contributed by atoms with E-state index in [1.165, 1.54) is 77.0 Å². The number of rotatable bonds is 21. The van der Waals surface area contributed by atoms with Crippen LogP contribution < -0.4 is 0 Å². The second-order valence-corrected chi connectivity index (χ2v) is 8.54. The Balaban J connectivity index is 3.12. The minimum Gasteiger partial charge on any atom is -0.463 e. The summed E-state index contributed by atoms with van der Waals surface area (Å²) in [6.45, 7) is 3.79. The fourth-order valence-electron chi connectivity index (χ4n) is 3.47. The van der Waals surface area contributed by atoms with Crippen molar-refractivity contribution >= 4 is 23.5 Å². The van der Waals surface area contributed by atoms with Gasteiger partial charge in [0.2, 0.25) is 0 Å². The first-order valence-electron chi connectivity index (χ1n) is 12.0. The van der Waals surface area contributed by atoms with Crippen LogP contribution in [-0.2, 0) is 19.1 Å². The molecule has 0 saturated heterocycles. The molecule has 0 bridgehead atoms. The summed E-state index contributed by atoms with van der Waals surface area (Å²) in [6, 6.07) is -0.0309. The van der Waals surface area contributed by atoms with Gasteiger partial charge in [-0.15, -0.1) is 0 Å². The molecule has 0 aliphatic carbocycles. The molecular weight excluding hydrogens is 388 g/mol. The van der Waals surface area contributed by atoms with Crippen LogP contribution in [-0.4, -0.2) is 24.1 Å². The highest BCUT2D eigenvalue weighted by Crippen LogP contribution is 2.14. The van der Waals surface area contributed by atoms with E-state index < -0.39 is 0 Å². The number of hydrogen-bond donors (Lipinski definition) is 0. The average Bonchev–Trinajstić information content (AvgIpc) is 2.66. The van der Waals surface area contributed by atoms with Crippen LogP contribution in [0.2, 0.25) is 0 Å². The molecule has 0 atom stereocenters. The third-order valence-corrected chi connectivity index (χ3v) is 5.20. The number of hydrogen-bond acceptors (Lipinski definition) is 4. The van der Waals surface area contributed by atoms with Gasteiger partial charge in [-0.25, -0.2) is 0 Å². The summed E-state index contributed by atoms with van der Waals surface area (Å²) >= 11 is 5.34. The molecule has 4 nitrogen and oxygen atoms in total. The van der Waals surface area contributed by atoms with E-state index in [2.05, 4.69) is 0 Å². The van der Waals surface area contributed by atoms with Gasteiger partial charge in [-0.1, -0.05) is 101 Å². The third-order valence-electron chi connectivity index (χ3n) is 5.09. The van der Waals surface area contributed by atoms with E-state index in [1.54, 1.807) is 0 Å². The Morgan fingerprint density at radius 1 is 0.586 bits per heavy atom. The maximum Gasteiger partial charge on any atom is 0.306 e. The lowest BCUT2D eigenvalue weighted by atomic mass is 10.0. The molecule has 0 heterocycles. The summed E-state index contributed by atoms with van der Waals surface area (Å²) in [5, 5.41) is 0. The van der Waals surface area contributed by atoms with Crippen LogP contribution in [0.3, 0.4) is 0 Å². The fourth-order valence-corrected chi connectivity index (χ4v) is 3.59. The van der Waals surface area contributed by atoms with Crippen molar-refractivity contribution in [3.05, 3.63) is 0 Å². The molecule has 0 N–H and O–H groups in total. The maximum atomic E-state index is 11.4. The second kappa shape index (κ2) is 21.9. The molecule has 0 aliphatic heterocycles. The highest BCUT2D eigenvalue weighted by atomic mass is 35.5. The van der Waals surface area contributed by atoms with Gasteiger partial charge in [-0.05, 0) is 26.7 Å². The Hall–Kier alpha value is -0.770. The summed E-state index contributed by atoms with van der Waals surface area (Å²) in [5.74, 6) is -0.228. The first-order chi connectivity index (χ1) is 14.1. The van der Waals surface area contributed by atoms with Crippen molar-refractivity contribution in [2.45, 2.75) is 136 Å². The molecule has 0 aromatic heterocycles. The molecule has 0 spiro atoms. The van der Waals surface area contributed by atoms with Gasteiger partial charge in [0.1, 0.15) is 0 Å². The zero-order valence-corrected chi connectivity index (χ0v) is 19.8. The van der Waals surface area contributed by atoms with Gasteiger partial charge in [0.15, 0.2) is 6.07 Å². The summed E-state index contributed by atoms with van der Waals surface area (Å²) in [4.78, 5) is 22.5.